The summed E-state index contributed by atoms with van der Waals surface area (Å²) >= 11 is 0. The molecule has 0 saturated heterocycles. The Morgan fingerprint density at radius 3 is 2.17 bits per heavy atom. The van der Waals surface area contributed by atoms with E-state index in [0.29, 0.717) is 5.82 Å². The molecule has 24 heavy (non-hydrogen) atoms. The average Bonchev–Trinajstić information content (AvgIpc) is 2.62. The highest BCUT2D eigenvalue weighted by atomic mass is 19.1. The summed E-state index contributed by atoms with van der Waals surface area (Å²) in [5.74, 6) is 0.632. The van der Waals surface area contributed by atoms with Crippen LogP contribution in [0.2, 0.25) is 0 Å². The molecular weight excluding hydrogens is 299 g/mol. The van der Waals surface area contributed by atoms with Crippen molar-refractivity contribution in [3.8, 4) is 22.6 Å². The van der Waals surface area contributed by atoms with E-state index in [9.17, 15) is 4.39 Å². The van der Waals surface area contributed by atoms with Crippen molar-refractivity contribution in [1.29, 1.82) is 0 Å². The summed E-state index contributed by atoms with van der Waals surface area (Å²) in [6, 6.07) is 16.2. The van der Waals surface area contributed by atoms with Gasteiger partial charge in [-0.05, 0) is 30.2 Å². The van der Waals surface area contributed by atoms with Gasteiger partial charge in [-0.1, -0.05) is 56.8 Å². The summed E-state index contributed by atoms with van der Waals surface area (Å²) < 4.78 is 13.3. The van der Waals surface area contributed by atoms with Crippen LogP contribution < -0.4 is 0 Å². The fourth-order valence-corrected chi connectivity index (χ4v) is 2.67. The Hall–Kier alpha value is -2.81. The van der Waals surface area contributed by atoms with Crippen LogP contribution in [0.3, 0.4) is 0 Å². The zero-order valence-electron chi connectivity index (χ0n) is 13.8. The van der Waals surface area contributed by atoms with Crippen LogP contribution in [-0.4, -0.2) is 9.97 Å². The molecule has 3 aromatic rings. The second-order valence-electron chi connectivity index (χ2n) is 5.93. The zero-order chi connectivity index (χ0) is 17.1. The van der Waals surface area contributed by atoms with E-state index in [4.69, 9.17) is 9.97 Å². The van der Waals surface area contributed by atoms with Crippen molar-refractivity contribution in [2.45, 2.75) is 19.8 Å². The Kier molecular flexibility index (Phi) is 4.52. The molecule has 0 aliphatic heterocycles. The summed E-state index contributed by atoms with van der Waals surface area (Å²) in [5.41, 5.74) is 4.43. The van der Waals surface area contributed by atoms with Crippen molar-refractivity contribution in [3.63, 3.8) is 0 Å². The Bertz CT molecular complexity index is 853. The quantitative estimate of drug-likeness (QED) is 0.615. The first kappa shape index (κ1) is 16.1. The normalized spacial score (nSPS) is 10.8. The predicted octanol–water partition coefficient (Wildman–Crippen LogP) is 5.72. The van der Waals surface area contributed by atoms with Gasteiger partial charge in [0.05, 0.1) is 11.4 Å². The van der Waals surface area contributed by atoms with Crippen molar-refractivity contribution < 1.29 is 4.39 Å². The molecule has 3 heteroatoms. The molecule has 0 unspecified atom stereocenters. The Labute approximate surface area is 141 Å². The summed E-state index contributed by atoms with van der Waals surface area (Å²) in [6.45, 7) is 8.12. The summed E-state index contributed by atoms with van der Waals surface area (Å²) in [5, 5.41) is 0. The molecule has 0 aliphatic rings. The molecule has 120 valence electrons. The molecule has 2 aromatic carbocycles. The topological polar surface area (TPSA) is 25.8 Å². The van der Waals surface area contributed by atoms with E-state index in [1.54, 1.807) is 18.2 Å². The van der Waals surface area contributed by atoms with Crippen molar-refractivity contribution in [2.24, 2.45) is 0 Å². The number of halogens is 1. The smallest absolute Gasteiger partial charge is 0.160 e. The van der Waals surface area contributed by atoms with Crippen LogP contribution >= 0.6 is 0 Å². The number of hydrogen-bond acceptors (Lipinski definition) is 2. The lowest BCUT2D eigenvalue weighted by atomic mass is 9.98. The summed E-state index contributed by atoms with van der Waals surface area (Å²) in [6.07, 6.45) is 1.78. The highest BCUT2D eigenvalue weighted by Crippen LogP contribution is 2.31. The third-order valence-corrected chi connectivity index (χ3v) is 3.88. The van der Waals surface area contributed by atoms with Gasteiger partial charge in [0.25, 0.3) is 0 Å². The second-order valence-corrected chi connectivity index (χ2v) is 5.93. The van der Waals surface area contributed by atoms with Crippen LogP contribution in [0.1, 0.15) is 31.0 Å². The highest BCUT2D eigenvalue weighted by molar-refractivity contribution is 5.75. The fourth-order valence-electron chi connectivity index (χ4n) is 2.67. The van der Waals surface area contributed by atoms with E-state index in [-0.39, 0.29) is 11.7 Å². The van der Waals surface area contributed by atoms with Crippen LogP contribution in [0.25, 0.3) is 28.7 Å². The second kappa shape index (κ2) is 6.75. The predicted molar refractivity (Wildman–Crippen MR) is 97.0 cm³/mol. The number of benzene rings is 2. The van der Waals surface area contributed by atoms with Gasteiger partial charge in [-0.3, -0.25) is 0 Å². The van der Waals surface area contributed by atoms with Crippen molar-refractivity contribution in [3.05, 3.63) is 78.3 Å². The molecule has 1 heterocycles. The minimum Gasteiger partial charge on any atom is -0.232 e. The summed E-state index contributed by atoms with van der Waals surface area (Å²) in [7, 11) is 0. The van der Waals surface area contributed by atoms with Gasteiger partial charge in [0.1, 0.15) is 5.82 Å². The molecule has 2 nitrogen and oxygen atoms in total. The number of nitrogens with zero attached hydrogens (tertiary/aromatic N) is 2. The molecule has 0 aliphatic carbocycles. The third-order valence-electron chi connectivity index (χ3n) is 3.88. The van der Waals surface area contributed by atoms with Crippen molar-refractivity contribution >= 4 is 6.08 Å². The molecule has 1 aromatic heterocycles. The van der Waals surface area contributed by atoms with Gasteiger partial charge >= 0.3 is 0 Å². The van der Waals surface area contributed by atoms with Gasteiger partial charge in [0, 0.05) is 16.7 Å². The van der Waals surface area contributed by atoms with E-state index in [2.05, 4.69) is 20.4 Å². The van der Waals surface area contributed by atoms with Gasteiger partial charge in [0.15, 0.2) is 5.82 Å². The first-order chi connectivity index (χ1) is 11.6. The molecule has 0 N–H and O–H groups in total. The maximum absolute atomic E-state index is 13.3. The Morgan fingerprint density at radius 2 is 1.58 bits per heavy atom. The van der Waals surface area contributed by atoms with Crippen LogP contribution in [0.4, 0.5) is 4.39 Å². The van der Waals surface area contributed by atoms with Gasteiger partial charge in [-0.15, -0.1) is 0 Å². The fraction of sp³-hybridized carbons (Fsp3) is 0.143. The van der Waals surface area contributed by atoms with Crippen molar-refractivity contribution in [2.75, 3.05) is 0 Å². The number of rotatable bonds is 4. The lowest BCUT2D eigenvalue weighted by Gasteiger charge is -2.15. The molecule has 0 atom stereocenters. The van der Waals surface area contributed by atoms with Gasteiger partial charge in [0.2, 0.25) is 0 Å². The third kappa shape index (κ3) is 3.11. The number of hydrogen-bond donors (Lipinski definition) is 0. The Morgan fingerprint density at radius 1 is 0.917 bits per heavy atom. The van der Waals surface area contributed by atoms with E-state index in [1.165, 1.54) is 12.1 Å². The minimum atomic E-state index is -0.264. The van der Waals surface area contributed by atoms with Crippen LogP contribution in [0.5, 0.6) is 0 Å². The summed E-state index contributed by atoms with van der Waals surface area (Å²) in [4.78, 5) is 9.51. The first-order valence-corrected chi connectivity index (χ1v) is 7.96. The maximum Gasteiger partial charge on any atom is 0.160 e. The van der Waals surface area contributed by atoms with Crippen LogP contribution in [0, 0.1) is 5.82 Å². The molecule has 0 amide bonds. The van der Waals surface area contributed by atoms with E-state index >= 15 is 0 Å². The van der Waals surface area contributed by atoms with E-state index < -0.39 is 0 Å². The first-order valence-electron chi connectivity index (χ1n) is 7.96. The largest absolute Gasteiger partial charge is 0.232 e. The molecule has 0 bridgehead atoms. The SMILES string of the molecule is C=Cc1c(-c2ccc(F)cc2)nc(-c2ccccc2)nc1C(C)C. The van der Waals surface area contributed by atoms with Crippen LogP contribution in [-0.2, 0) is 0 Å². The lowest BCUT2D eigenvalue weighted by molar-refractivity contribution is 0.628. The number of aromatic nitrogens is 2. The standard InChI is InChI=1S/C21H19FN2/c1-4-18-19(14(2)3)23-21(16-8-6-5-7-9-16)24-20(18)15-10-12-17(22)13-11-15/h4-14H,1H2,2-3H3. The van der Waals surface area contributed by atoms with Crippen LogP contribution in [0.15, 0.2) is 61.2 Å². The highest BCUT2D eigenvalue weighted by Gasteiger charge is 2.17. The van der Waals surface area contributed by atoms with Gasteiger partial charge in [-0.25, -0.2) is 14.4 Å². The molecular formula is C21H19FN2. The molecule has 0 fully saturated rings. The van der Waals surface area contributed by atoms with E-state index in [0.717, 1.165) is 28.1 Å². The average molecular weight is 318 g/mol. The van der Waals surface area contributed by atoms with Crippen molar-refractivity contribution in [1.82, 2.24) is 9.97 Å². The Balaban J connectivity index is 2.27. The molecule has 3 rings (SSSR count). The molecule has 0 radical (unpaired) electrons. The molecule has 0 saturated carbocycles. The monoisotopic (exact) mass is 318 g/mol. The minimum absolute atomic E-state index is 0.225. The maximum atomic E-state index is 13.3. The van der Waals surface area contributed by atoms with Gasteiger partial charge in [-0.2, -0.15) is 0 Å². The van der Waals surface area contributed by atoms with Gasteiger partial charge < -0.3 is 0 Å². The lowest BCUT2D eigenvalue weighted by Crippen LogP contribution is -2.04. The van der Waals surface area contributed by atoms with E-state index in [1.807, 2.05) is 30.3 Å². The molecule has 0 spiro atoms. The zero-order valence-corrected chi connectivity index (χ0v) is 13.8.